The number of aromatic nitrogens is 4. The molecule has 5 rings (SSSR count). The summed E-state index contributed by atoms with van der Waals surface area (Å²) in [6.07, 6.45) is 5.14. The summed E-state index contributed by atoms with van der Waals surface area (Å²) in [6, 6.07) is 14.4. The number of benzene rings is 2. The molecule has 32 heavy (non-hydrogen) atoms. The highest BCUT2D eigenvalue weighted by Crippen LogP contribution is 2.28. The number of carbonyl (C=O) groups is 1. The first-order chi connectivity index (χ1) is 15.6. The van der Waals surface area contributed by atoms with Gasteiger partial charge >= 0.3 is 0 Å². The number of thiazole rings is 1. The number of rotatable bonds is 5. The van der Waals surface area contributed by atoms with Crippen molar-refractivity contribution >= 4 is 27.9 Å². The van der Waals surface area contributed by atoms with Crippen molar-refractivity contribution in [3.8, 4) is 22.5 Å². The van der Waals surface area contributed by atoms with Crippen molar-refractivity contribution in [3.63, 3.8) is 0 Å². The Morgan fingerprint density at radius 3 is 2.69 bits per heavy atom. The zero-order chi connectivity index (χ0) is 22.1. The highest BCUT2D eigenvalue weighted by atomic mass is 32.1. The van der Waals surface area contributed by atoms with Crippen LogP contribution >= 0.6 is 11.3 Å². The van der Waals surface area contributed by atoms with E-state index in [1.54, 1.807) is 18.2 Å². The third kappa shape index (κ3) is 3.93. The van der Waals surface area contributed by atoms with Gasteiger partial charge < -0.3 is 5.32 Å². The number of nitrogens with zero attached hydrogens (tertiary/aromatic N) is 4. The fraction of sp³-hybridized carbons (Fsp3) is 0.0435. The third-order valence-corrected chi connectivity index (χ3v) is 5.67. The summed E-state index contributed by atoms with van der Waals surface area (Å²) in [6.45, 7) is -0.192. The smallest absolute Gasteiger partial charge is 0.254 e. The molecule has 0 spiro atoms. The topological polar surface area (TPSA) is 81.3 Å². The van der Waals surface area contributed by atoms with Crippen molar-refractivity contribution in [2.75, 3.05) is 5.32 Å². The molecule has 0 unspecified atom stereocenters. The number of hydrogen-bond acceptors (Lipinski definition) is 5. The number of fused-ring (bicyclic) bond motifs is 1. The molecule has 0 saturated heterocycles. The fourth-order valence-corrected chi connectivity index (χ4v) is 4.04. The minimum Gasteiger partial charge on any atom is -0.324 e. The molecule has 0 aliphatic heterocycles. The van der Waals surface area contributed by atoms with Gasteiger partial charge in [-0.3, -0.25) is 18.6 Å². The van der Waals surface area contributed by atoms with Crippen molar-refractivity contribution in [1.82, 2.24) is 18.9 Å². The normalized spacial score (nSPS) is 11.0. The van der Waals surface area contributed by atoms with Crippen molar-refractivity contribution in [2.45, 2.75) is 6.54 Å². The highest BCUT2D eigenvalue weighted by molar-refractivity contribution is 7.15. The number of halogens is 1. The van der Waals surface area contributed by atoms with E-state index in [1.165, 1.54) is 40.4 Å². The summed E-state index contributed by atoms with van der Waals surface area (Å²) >= 11 is 1.53. The van der Waals surface area contributed by atoms with Crippen molar-refractivity contribution < 1.29 is 9.18 Å². The van der Waals surface area contributed by atoms with Gasteiger partial charge in [0.2, 0.25) is 5.91 Å². The van der Waals surface area contributed by atoms with Gasteiger partial charge in [0.1, 0.15) is 12.4 Å². The Morgan fingerprint density at radius 2 is 1.91 bits per heavy atom. The number of hydrogen-bond donors (Lipinski definition) is 1. The predicted octanol–water partition coefficient (Wildman–Crippen LogP) is 4.06. The van der Waals surface area contributed by atoms with Crippen LogP contribution in [0.5, 0.6) is 0 Å². The Balaban J connectivity index is 1.35. The maximum Gasteiger partial charge on any atom is 0.254 e. The monoisotopic (exact) mass is 445 g/mol. The van der Waals surface area contributed by atoms with Crippen molar-refractivity contribution in [3.05, 3.63) is 94.9 Å². The van der Waals surface area contributed by atoms with Crippen molar-refractivity contribution in [1.29, 1.82) is 0 Å². The van der Waals surface area contributed by atoms with E-state index in [0.717, 1.165) is 16.2 Å². The SMILES string of the molecule is O=C(Cn1cnc(-c2ccc(F)cc2)cc1=O)Nc1ccccc1-c1cn2ccsc2n1. The van der Waals surface area contributed by atoms with Crippen LogP contribution in [0.1, 0.15) is 0 Å². The van der Waals surface area contributed by atoms with Crippen LogP contribution in [-0.4, -0.2) is 24.8 Å². The van der Waals surface area contributed by atoms with E-state index < -0.39 is 0 Å². The molecule has 0 bridgehead atoms. The van der Waals surface area contributed by atoms with E-state index in [2.05, 4.69) is 15.3 Å². The van der Waals surface area contributed by atoms with Crippen LogP contribution in [0.2, 0.25) is 0 Å². The summed E-state index contributed by atoms with van der Waals surface area (Å²) in [5, 5.41) is 4.81. The van der Waals surface area contributed by atoms with E-state index in [9.17, 15) is 14.0 Å². The minimum atomic E-state index is -0.378. The van der Waals surface area contributed by atoms with Gasteiger partial charge in [-0.1, -0.05) is 18.2 Å². The Kier molecular flexibility index (Phi) is 5.08. The number of anilines is 1. The van der Waals surface area contributed by atoms with Crippen LogP contribution in [0.15, 0.2) is 83.5 Å². The summed E-state index contributed by atoms with van der Waals surface area (Å²) < 4.78 is 16.3. The summed E-state index contributed by atoms with van der Waals surface area (Å²) in [7, 11) is 0. The van der Waals surface area contributed by atoms with Gasteiger partial charge in [0.05, 0.1) is 23.4 Å². The largest absolute Gasteiger partial charge is 0.324 e. The molecule has 1 N–H and O–H groups in total. The predicted molar refractivity (Wildman–Crippen MR) is 121 cm³/mol. The first kappa shape index (κ1) is 19.8. The second-order valence-electron chi connectivity index (χ2n) is 7.06. The van der Waals surface area contributed by atoms with Gasteiger partial charge in [0.15, 0.2) is 4.96 Å². The minimum absolute atomic E-state index is 0.192. The molecule has 0 aliphatic carbocycles. The second kappa shape index (κ2) is 8.20. The van der Waals surface area contributed by atoms with Crippen LogP contribution in [0.4, 0.5) is 10.1 Å². The van der Waals surface area contributed by atoms with Crippen LogP contribution in [0.3, 0.4) is 0 Å². The maximum atomic E-state index is 13.1. The average molecular weight is 445 g/mol. The first-order valence-electron chi connectivity index (χ1n) is 9.71. The van der Waals surface area contributed by atoms with Gasteiger partial charge in [0, 0.05) is 35.0 Å². The van der Waals surface area contributed by atoms with E-state index in [-0.39, 0.29) is 23.8 Å². The number of nitrogens with one attached hydrogen (secondary N) is 1. The third-order valence-electron chi connectivity index (χ3n) is 4.90. The van der Waals surface area contributed by atoms with Crippen LogP contribution in [0.25, 0.3) is 27.5 Å². The Bertz CT molecular complexity index is 1460. The summed E-state index contributed by atoms with van der Waals surface area (Å²) in [5.74, 6) is -0.730. The first-order valence-corrected chi connectivity index (χ1v) is 10.6. The van der Waals surface area contributed by atoms with E-state index in [0.29, 0.717) is 16.9 Å². The Labute approximate surface area is 185 Å². The molecule has 0 atom stereocenters. The molecule has 158 valence electrons. The highest BCUT2D eigenvalue weighted by Gasteiger charge is 2.13. The Morgan fingerprint density at radius 1 is 1.09 bits per heavy atom. The molecule has 9 heteroatoms. The maximum absolute atomic E-state index is 13.1. The van der Waals surface area contributed by atoms with Gasteiger partial charge in [-0.2, -0.15) is 0 Å². The van der Waals surface area contributed by atoms with Crippen LogP contribution < -0.4 is 10.9 Å². The van der Waals surface area contributed by atoms with Gasteiger partial charge in [0.25, 0.3) is 5.56 Å². The number of para-hydroxylation sites is 1. The molecule has 3 heterocycles. The molecular weight excluding hydrogens is 429 g/mol. The molecule has 0 radical (unpaired) electrons. The number of imidazole rings is 1. The standard InChI is InChI=1S/C23H16FN5O2S/c24-16-7-5-15(6-8-16)19-11-22(31)29(14-25-19)13-21(30)26-18-4-2-1-3-17(18)20-12-28-9-10-32-23(28)27-20/h1-12,14H,13H2,(H,26,30). The molecule has 0 aliphatic rings. The quantitative estimate of drug-likeness (QED) is 0.442. The summed E-state index contributed by atoms with van der Waals surface area (Å²) in [5.41, 5.74) is 2.79. The van der Waals surface area contributed by atoms with Gasteiger partial charge in [-0.15, -0.1) is 11.3 Å². The van der Waals surface area contributed by atoms with Gasteiger partial charge in [-0.25, -0.2) is 14.4 Å². The zero-order valence-corrected chi connectivity index (χ0v) is 17.4. The lowest BCUT2D eigenvalue weighted by Crippen LogP contribution is -2.27. The van der Waals surface area contributed by atoms with E-state index >= 15 is 0 Å². The second-order valence-corrected chi connectivity index (χ2v) is 7.93. The number of carbonyl (C=O) groups excluding carboxylic acids is 1. The molecule has 2 aromatic carbocycles. The van der Waals surface area contributed by atoms with Crippen LogP contribution in [0, 0.1) is 5.82 Å². The fourth-order valence-electron chi connectivity index (χ4n) is 3.34. The molecule has 7 nitrogen and oxygen atoms in total. The molecule has 3 aromatic heterocycles. The zero-order valence-electron chi connectivity index (χ0n) is 16.6. The molecule has 1 amide bonds. The summed E-state index contributed by atoms with van der Waals surface area (Å²) in [4.78, 5) is 34.8. The lowest BCUT2D eigenvalue weighted by molar-refractivity contribution is -0.116. The lowest BCUT2D eigenvalue weighted by atomic mass is 10.1. The average Bonchev–Trinajstić information content (AvgIpc) is 3.38. The van der Waals surface area contributed by atoms with E-state index in [1.807, 2.05) is 40.4 Å². The Hall–Kier alpha value is -4.11. The molecule has 0 saturated carbocycles. The van der Waals surface area contributed by atoms with Crippen molar-refractivity contribution in [2.24, 2.45) is 0 Å². The molecule has 0 fully saturated rings. The number of amides is 1. The lowest BCUT2D eigenvalue weighted by Gasteiger charge is -2.11. The molecule has 5 aromatic rings. The molecular formula is C23H16FN5O2S. The van der Waals surface area contributed by atoms with Gasteiger partial charge in [-0.05, 0) is 30.3 Å². The van der Waals surface area contributed by atoms with Crippen LogP contribution in [-0.2, 0) is 11.3 Å². The van der Waals surface area contributed by atoms with E-state index in [4.69, 9.17) is 0 Å².